The number of benzene rings is 4. The summed E-state index contributed by atoms with van der Waals surface area (Å²) in [6.45, 7) is 0. The standard InChI is InChI=1S/C31H27O2.ClHO4/c1-3-11-23(12-4-1)30-22-26(32-31(33-30)19-9-2-10-20-31)17-18-29-27-15-7-5-13-24(27)21-25-14-6-8-16-28(25)29;2-1(3,4)5/h1,3-8,11-18,21-22H,2,9-10,19-20H2;(H,2,3,4,5)/q+1;/p-1/b18-17+;. The molecule has 4 aromatic carbocycles. The number of rotatable bonds is 3. The number of allylic oxidation sites excluding steroid dienone is 2. The van der Waals surface area contributed by atoms with Crippen molar-refractivity contribution >= 4 is 33.4 Å². The molecule has 38 heavy (non-hydrogen) atoms. The van der Waals surface area contributed by atoms with Crippen LogP contribution in [-0.2, 0) is 4.74 Å². The van der Waals surface area contributed by atoms with E-state index in [1.54, 1.807) is 0 Å². The highest BCUT2D eigenvalue weighted by atomic mass is 35.7. The third kappa shape index (κ3) is 6.30. The molecule has 0 unspecified atom stereocenters. The van der Waals surface area contributed by atoms with Crippen molar-refractivity contribution in [2.75, 3.05) is 0 Å². The fourth-order valence-corrected chi connectivity index (χ4v) is 5.14. The van der Waals surface area contributed by atoms with Gasteiger partial charge >= 0.3 is 11.6 Å². The first-order valence-electron chi connectivity index (χ1n) is 12.5. The lowest BCUT2D eigenvalue weighted by Crippen LogP contribution is -2.68. The molecule has 0 radical (unpaired) electrons. The Hall–Kier alpha value is -3.52. The third-order valence-electron chi connectivity index (χ3n) is 6.77. The molecule has 1 saturated carbocycles. The molecule has 0 bridgehead atoms. The van der Waals surface area contributed by atoms with E-state index in [-0.39, 0.29) is 0 Å². The van der Waals surface area contributed by atoms with E-state index in [4.69, 9.17) is 27.8 Å². The highest BCUT2D eigenvalue weighted by molar-refractivity contribution is 6.07. The van der Waals surface area contributed by atoms with Crippen LogP contribution >= 0.6 is 0 Å². The maximum atomic E-state index is 8.49. The number of carbonyl (C=O) groups excluding carboxylic acids is 1. The van der Waals surface area contributed by atoms with Crippen molar-refractivity contribution in [3.8, 4) is 0 Å². The third-order valence-corrected chi connectivity index (χ3v) is 6.77. The minimum atomic E-state index is -4.94. The topological polar surface area (TPSA) is 113 Å². The number of ketones is 1. The van der Waals surface area contributed by atoms with Crippen LogP contribution in [0.2, 0.25) is 0 Å². The molecule has 6 nitrogen and oxygen atoms in total. The summed E-state index contributed by atoms with van der Waals surface area (Å²) < 4.78 is 47.0. The molecular weight excluding hydrogens is 504 g/mol. The summed E-state index contributed by atoms with van der Waals surface area (Å²) in [5, 5.41) is 5.00. The Labute approximate surface area is 223 Å². The second kappa shape index (κ2) is 11.1. The lowest BCUT2D eigenvalue weighted by molar-refractivity contribution is -2.00. The predicted octanol–water partition coefficient (Wildman–Crippen LogP) is 3.24. The van der Waals surface area contributed by atoms with E-state index in [2.05, 4.69) is 91.0 Å². The van der Waals surface area contributed by atoms with E-state index in [0.717, 1.165) is 42.8 Å². The average Bonchev–Trinajstić information content (AvgIpc) is 2.91. The van der Waals surface area contributed by atoms with Gasteiger partial charge in [0, 0.05) is 0 Å². The lowest BCUT2D eigenvalue weighted by atomic mass is 9.93. The van der Waals surface area contributed by atoms with Crippen LogP contribution in [0.1, 0.15) is 47.7 Å². The summed E-state index contributed by atoms with van der Waals surface area (Å²) in [4.78, 5) is 0. The molecule has 194 valence electrons. The van der Waals surface area contributed by atoms with Gasteiger partial charge in [0.1, 0.15) is 5.76 Å². The van der Waals surface area contributed by atoms with Gasteiger partial charge in [0.2, 0.25) is 0 Å². The van der Waals surface area contributed by atoms with E-state index >= 15 is 0 Å². The first kappa shape index (κ1) is 26.1. The van der Waals surface area contributed by atoms with E-state index in [0.29, 0.717) is 0 Å². The second-order valence-electron chi connectivity index (χ2n) is 9.40. The fraction of sp³-hybridized carbons (Fsp3) is 0.194. The second-order valence-corrected chi connectivity index (χ2v) is 10.2. The van der Waals surface area contributed by atoms with Gasteiger partial charge in [0.25, 0.3) is 0 Å². The molecule has 2 aliphatic rings. The zero-order chi connectivity index (χ0) is 26.6. The van der Waals surface area contributed by atoms with E-state index in [1.165, 1.54) is 33.5 Å². The van der Waals surface area contributed by atoms with Crippen molar-refractivity contribution in [3.63, 3.8) is 0 Å². The van der Waals surface area contributed by atoms with Crippen LogP contribution in [0.15, 0.2) is 103 Å². The van der Waals surface area contributed by atoms with Gasteiger partial charge in [-0.15, -0.1) is 10.2 Å². The zero-order valence-electron chi connectivity index (χ0n) is 20.7. The number of halogens is 1. The highest BCUT2D eigenvalue weighted by Gasteiger charge is 2.48. The Bertz CT molecular complexity index is 1450. The normalized spacial score (nSPS) is 17.1. The van der Waals surface area contributed by atoms with Gasteiger partial charge in [0.15, 0.2) is 0 Å². The van der Waals surface area contributed by atoms with E-state index in [9.17, 15) is 0 Å². The lowest BCUT2D eigenvalue weighted by Gasteiger charge is -2.27. The number of hydrogen-bond acceptors (Lipinski definition) is 5. The van der Waals surface area contributed by atoms with Crippen LogP contribution in [0.5, 0.6) is 0 Å². The van der Waals surface area contributed by atoms with Gasteiger partial charge in [-0.3, -0.25) is 0 Å². The summed E-state index contributed by atoms with van der Waals surface area (Å²) in [7, 11) is -4.94. The molecule has 1 aliphatic heterocycles. The fourth-order valence-electron chi connectivity index (χ4n) is 5.14. The molecule has 0 N–H and O–H groups in total. The molecule has 1 spiro atoms. The van der Waals surface area contributed by atoms with Crippen molar-refractivity contribution in [3.05, 3.63) is 114 Å². The molecule has 0 amide bonds. The van der Waals surface area contributed by atoms with Gasteiger partial charge in [-0.1, -0.05) is 79.2 Å². The largest absolute Gasteiger partial charge is 0.429 e. The zero-order valence-corrected chi connectivity index (χ0v) is 21.4. The molecule has 7 heteroatoms. The summed E-state index contributed by atoms with van der Waals surface area (Å²) in [5.74, 6) is 1.20. The van der Waals surface area contributed by atoms with Crippen LogP contribution in [-0.4, -0.2) is 11.6 Å². The van der Waals surface area contributed by atoms with Crippen molar-refractivity contribution in [1.82, 2.24) is 0 Å². The quantitative estimate of drug-likeness (QED) is 0.298. The maximum absolute atomic E-state index is 8.49. The van der Waals surface area contributed by atoms with Crippen LogP contribution in [0.3, 0.4) is 0 Å². The van der Waals surface area contributed by atoms with Gasteiger partial charge in [0.05, 0.1) is 24.5 Å². The Morgan fingerprint density at radius 3 is 1.87 bits per heavy atom. The molecule has 1 fully saturated rings. The first-order chi connectivity index (χ1) is 18.3. The molecule has 0 aromatic heterocycles. The van der Waals surface area contributed by atoms with Gasteiger partial charge in [-0.2, -0.15) is 0 Å². The molecule has 1 aliphatic carbocycles. The summed E-state index contributed by atoms with van der Waals surface area (Å²) in [6, 6.07) is 29.8. The summed E-state index contributed by atoms with van der Waals surface area (Å²) in [6.07, 6.45) is 11.7. The van der Waals surface area contributed by atoms with E-state index in [1.807, 2.05) is 12.1 Å². The highest BCUT2D eigenvalue weighted by Crippen LogP contribution is 2.38. The molecule has 0 saturated heterocycles. The Balaban J connectivity index is 0.000000540. The summed E-state index contributed by atoms with van der Waals surface area (Å²) in [5.41, 5.74) is 2.31. The summed E-state index contributed by atoms with van der Waals surface area (Å²) >= 11 is 0. The van der Waals surface area contributed by atoms with Crippen LogP contribution in [0, 0.1) is 10.2 Å². The van der Waals surface area contributed by atoms with E-state index < -0.39 is 16.0 Å². The molecule has 1 heterocycles. The predicted molar refractivity (Wildman–Crippen MR) is 136 cm³/mol. The Morgan fingerprint density at radius 2 is 1.26 bits per heavy atom. The van der Waals surface area contributed by atoms with Gasteiger partial charge < -0.3 is 4.74 Å². The van der Waals surface area contributed by atoms with Crippen LogP contribution in [0.25, 0.3) is 27.6 Å². The minimum Gasteiger partial charge on any atom is -0.409 e. The molecule has 0 atom stereocenters. The van der Waals surface area contributed by atoms with Gasteiger partial charge in [-0.05, 0) is 64.2 Å². The van der Waals surface area contributed by atoms with Crippen molar-refractivity contribution < 1.29 is 38.0 Å². The monoisotopic (exact) mass is 530 g/mol. The van der Waals surface area contributed by atoms with Crippen LogP contribution in [0.4, 0.5) is 0 Å². The number of ether oxygens (including phenoxy) is 1. The van der Waals surface area contributed by atoms with Crippen molar-refractivity contribution in [2.24, 2.45) is 0 Å². The maximum Gasteiger partial charge on any atom is 0.429 e. The molecule has 6 rings (SSSR count). The molecule has 4 aromatic rings. The molecular formula is C31H27ClO6. The average molecular weight is 531 g/mol. The first-order valence-corrected chi connectivity index (χ1v) is 13.8. The SMILES string of the molecule is C1=C(/C=C/c2c3ccccc3cc3ccccc23)OC2(CCCCC2)[O+]=C1c1ccccc1.[O-][Cl+3]([O-])([O-])[O-]. The van der Waals surface area contributed by atoms with Crippen LogP contribution < -0.4 is 18.6 Å². The van der Waals surface area contributed by atoms with Gasteiger partial charge in [-0.25, -0.2) is 23.1 Å². The van der Waals surface area contributed by atoms with Crippen molar-refractivity contribution in [2.45, 2.75) is 37.9 Å². The van der Waals surface area contributed by atoms with Crippen molar-refractivity contribution in [1.29, 1.82) is 0 Å². The Kier molecular flexibility index (Phi) is 7.61. The number of fused-ring (bicyclic) bond motifs is 2. The number of hydrogen-bond donors (Lipinski definition) is 0. The minimum absolute atomic E-state index is 0.557. The Morgan fingerprint density at radius 1 is 0.711 bits per heavy atom. The smallest absolute Gasteiger partial charge is 0.409 e.